The lowest BCUT2D eigenvalue weighted by molar-refractivity contribution is -0.140. The smallest absolute Gasteiger partial charge is 0.381 e. The summed E-state index contributed by atoms with van der Waals surface area (Å²) in [7, 11) is 1.70. The predicted molar refractivity (Wildman–Crippen MR) is 111 cm³/mol. The number of hydrogen-bond acceptors (Lipinski definition) is 3. The van der Waals surface area contributed by atoms with Gasteiger partial charge in [0.05, 0.1) is 11.6 Å². The first-order valence-electron chi connectivity index (χ1n) is 9.69. The van der Waals surface area contributed by atoms with Gasteiger partial charge in [-0.25, -0.2) is 9.37 Å². The zero-order chi connectivity index (χ0) is 20.8. The summed E-state index contributed by atoms with van der Waals surface area (Å²) in [6.07, 6.45) is -1.39. The second-order valence-corrected chi connectivity index (χ2v) is 7.60. The minimum Gasteiger partial charge on any atom is -0.381 e. The fourth-order valence-corrected chi connectivity index (χ4v) is 4.22. The number of hydrogen-bond donors (Lipinski definition) is 0. The van der Waals surface area contributed by atoms with E-state index in [4.69, 9.17) is 4.74 Å². The SMILES string of the molecule is COC1CCN(CCn2c3cc(C)c(F)cc3c3ccnc(C(F)(F)F)c32)CC1.Cl. The number of ether oxygens (including phenoxy) is 1. The first-order chi connectivity index (χ1) is 13.8. The number of aromatic nitrogens is 2. The van der Waals surface area contributed by atoms with E-state index in [0.29, 0.717) is 34.9 Å². The van der Waals surface area contributed by atoms with Crippen LogP contribution in [0.3, 0.4) is 0 Å². The van der Waals surface area contributed by atoms with Crippen molar-refractivity contribution in [2.24, 2.45) is 0 Å². The molecular weight excluding hydrogens is 422 g/mol. The zero-order valence-electron chi connectivity index (χ0n) is 16.8. The third kappa shape index (κ3) is 4.13. The average Bonchev–Trinajstić information content (AvgIpc) is 2.99. The highest BCUT2D eigenvalue weighted by molar-refractivity contribution is 6.09. The summed E-state index contributed by atoms with van der Waals surface area (Å²) in [6.45, 7) is 4.28. The Morgan fingerprint density at radius 2 is 1.83 bits per heavy atom. The van der Waals surface area contributed by atoms with E-state index in [2.05, 4.69) is 9.88 Å². The Hall–Kier alpha value is -1.90. The molecule has 0 N–H and O–H groups in total. The fourth-order valence-electron chi connectivity index (χ4n) is 4.22. The lowest BCUT2D eigenvalue weighted by Gasteiger charge is -2.31. The summed E-state index contributed by atoms with van der Waals surface area (Å²) in [5.74, 6) is -0.427. The van der Waals surface area contributed by atoms with Crippen LogP contribution >= 0.6 is 12.4 Å². The van der Waals surface area contributed by atoms with Crippen LogP contribution in [0.5, 0.6) is 0 Å². The molecule has 30 heavy (non-hydrogen) atoms. The van der Waals surface area contributed by atoms with Gasteiger partial charge in [0.2, 0.25) is 0 Å². The number of alkyl halides is 3. The van der Waals surface area contributed by atoms with Crippen LogP contribution in [0.2, 0.25) is 0 Å². The molecule has 1 saturated heterocycles. The lowest BCUT2D eigenvalue weighted by Crippen LogP contribution is -2.38. The standard InChI is InChI=1S/C21H23F4N3O.ClH/c1-13-11-18-16(12-17(13)22)15-3-6-26-20(21(23,24)25)19(15)28(18)10-9-27-7-4-14(29-2)5-8-27;/h3,6,11-12,14H,4-5,7-10H2,1-2H3;1H. The van der Waals surface area contributed by atoms with Gasteiger partial charge in [0.15, 0.2) is 5.69 Å². The Kier molecular flexibility index (Phi) is 6.60. The highest BCUT2D eigenvalue weighted by Crippen LogP contribution is 2.38. The minimum atomic E-state index is -4.59. The van der Waals surface area contributed by atoms with Gasteiger partial charge in [-0.1, -0.05) is 0 Å². The molecule has 0 unspecified atom stereocenters. The van der Waals surface area contributed by atoms with Crippen molar-refractivity contribution in [2.45, 2.75) is 38.6 Å². The van der Waals surface area contributed by atoms with E-state index in [1.807, 2.05) is 0 Å². The fraction of sp³-hybridized carbons (Fsp3) is 0.476. The van der Waals surface area contributed by atoms with Crippen molar-refractivity contribution >= 4 is 34.2 Å². The average molecular weight is 446 g/mol. The monoisotopic (exact) mass is 445 g/mol. The molecule has 1 aliphatic heterocycles. The normalized spacial score (nSPS) is 16.3. The zero-order valence-corrected chi connectivity index (χ0v) is 17.6. The third-order valence-electron chi connectivity index (χ3n) is 5.83. The molecule has 0 spiro atoms. The van der Waals surface area contributed by atoms with Crippen LogP contribution in [0.4, 0.5) is 17.6 Å². The van der Waals surface area contributed by atoms with Crippen molar-refractivity contribution in [3.8, 4) is 0 Å². The van der Waals surface area contributed by atoms with E-state index in [9.17, 15) is 17.6 Å². The molecule has 0 aliphatic carbocycles. The van der Waals surface area contributed by atoms with Gasteiger partial charge in [-0.15, -0.1) is 12.4 Å². The van der Waals surface area contributed by atoms with Crippen molar-refractivity contribution in [3.05, 3.63) is 41.5 Å². The van der Waals surface area contributed by atoms with E-state index in [-0.39, 0.29) is 24.0 Å². The molecule has 0 bridgehead atoms. The van der Waals surface area contributed by atoms with Crippen molar-refractivity contribution in [2.75, 3.05) is 26.7 Å². The molecule has 0 atom stereocenters. The number of aryl methyl sites for hydroxylation is 1. The molecule has 1 aromatic carbocycles. The van der Waals surface area contributed by atoms with Gasteiger partial charge in [0.25, 0.3) is 0 Å². The Bertz CT molecular complexity index is 1040. The van der Waals surface area contributed by atoms with Crippen molar-refractivity contribution in [3.63, 3.8) is 0 Å². The van der Waals surface area contributed by atoms with Crippen molar-refractivity contribution in [1.82, 2.24) is 14.5 Å². The van der Waals surface area contributed by atoms with Crippen LogP contribution in [0.1, 0.15) is 24.1 Å². The summed E-state index contributed by atoms with van der Waals surface area (Å²) in [4.78, 5) is 5.85. The maximum Gasteiger partial charge on any atom is 0.435 e. The highest BCUT2D eigenvalue weighted by atomic mass is 35.5. The molecule has 3 heterocycles. The van der Waals surface area contributed by atoms with Crippen LogP contribution in [0, 0.1) is 12.7 Å². The number of piperidine rings is 1. The van der Waals surface area contributed by atoms with Gasteiger partial charge in [0, 0.05) is 55.8 Å². The molecule has 3 aromatic rings. The number of benzene rings is 1. The number of halogens is 5. The van der Waals surface area contributed by atoms with E-state index in [1.165, 1.54) is 12.1 Å². The molecule has 1 fully saturated rings. The van der Waals surface area contributed by atoms with Gasteiger partial charge in [0.1, 0.15) is 5.82 Å². The topological polar surface area (TPSA) is 30.3 Å². The summed E-state index contributed by atoms with van der Waals surface area (Å²) in [5.41, 5.74) is 0.0993. The lowest BCUT2D eigenvalue weighted by atomic mass is 10.1. The van der Waals surface area contributed by atoms with Crippen LogP contribution in [0.25, 0.3) is 21.8 Å². The molecule has 2 aromatic heterocycles. The quantitative estimate of drug-likeness (QED) is 0.518. The van der Waals surface area contributed by atoms with Gasteiger partial charge in [-0.05, 0) is 43.5 Å². The second kappa shape index (κ2) is 8.69. The molecule has 1 aliphatic rings. The van der Waals surface area contributed by atoms with Crippen molar-refractivity contribution < 1.29 is 22.3 Å². The molecule has 0 radical (unpaired) electrons. The van der Waals surface area contributed by atoms with Crippen LogP contribution < -0.4 is 0 Å². The summed E-state index contributed by atoms with van der Waals surface area (Å²) in [5, 5.41) is 0.855. The molecule has 4 rings (SSSR count). The Morgan fingerprint density at radius 3 is 2.47 bits per heavy atom. The number of fused-ring (bicyclic) bond motifs is 3. The minimum absolute atomic E-state index is 0. The molecule has 0 amide bonds. The van der Waals surface area contributed by atoms with Gasteiger partial charge in [-0.2, -0.15) is 13.2 Å². The second-order valence-electron chi connectivity index (χ2n) is 7.60. The maximum absolute atomic E-state index is 14.2. The third-order valence-corrected chi connectivity index (χ3v) is 5.83. The molecule has 0 saturated carbocycles. The predicted octanol–water partition coefficient (Wildman–Crippen LogP) is 5.19. The maximum atomic E-state index is 14.2. The molecule has 164 valence electrons. The van der Waals surface area contributed by atoms with Crippen LogP contribution in [-0.4, -0.2) is 47.3 Å². The Morgan fingerprint density at radius 1 is 1.13 bits per heavy atom. The summed E-state index contributed by atoms with van der Waals surface area (Å²) in [6, 6.07) is 4.48. The molecule has 4 nitrogen and oxygen atoms in total. The summed E-state index contributed by atoms with van der Waals surface area (Å²) < 4.78 is 62.3. The first kappa shape index (κ1) is 22.8. The molecule has 9 heteroatoms. The first-order valence-corrected chi connectivity index (χ1v) is 9.69. The Balaban J connectivity index is 0.00000256. The largest absolute Gasteiger partial charge is 0.435 e. The Labute approximate surface area is 178 Å². The number of nitrogens with zero attached hydrogens (tertiary/aromatic N) is 3. The van der Waals surface area contributed by atoms with Crippen LogP contribution in [0.15, 0.2) is 24.4 Å². The van der Waals surface area contributed by atoms with E-state index >= 15 is 0 Å². The van der Waals surface area contributed by atoms with Gasteiger partial charge < -0.3 is 14.2 Å². The van der Waals surface area contributed by atoms with Crippen molar-refractivity contribution in [1.29, 1.82) is 0 Å². The van der Waals surface area contributed by atoms with E-state index < -0.39 is 17.7 Å². The van der Waals surface area contributed by atoms with Gasteiger partial charge in [-0.3, -0.25) is 0 Å². The number of methoxy groups -OCH3 is 1. The highest BCUT2D eigenvalue weighted by Gasteiger charge is 2.36. The number of likely N-dealkylation sites (tertiary alicyclic amines) is 1. The number of rotatable bonds is 4. The van der Waals surface area contributed by atoms with Gasteiger partial charge >= 0.3 is 6.18 Å². The molecular formula is C21H24ClF4N3O. The number of pyridine rings is 1. The summed E-state index contributed by atoms with van der Waals surface area (Å²) >= 11 is 0. The van der Waals surface area contributed by atoms with Crippen LogP contribution in [-0.2, 0) is 17.5 Å². The van der Waals surface area contributed by atoms with E-state index in [1.54, 1.807) is 24.7 Å². The van der Waals surface area contributed by atoms with E-state index in [0.717, 1.165) is 32.1 Å².